The number of nitrogens with one attached hydrogen (secondary N) is 1. The molecule has 0 spiro atoms. The maximum Gasteiger partial charge on any atom is 0.265 e. The van der Waals surface area contributed by atoms with E-state index in [-0.39, 0.29) is 11.1 Å². The van der Waals surface area contributed by atoms with Crippen LogP contribution in [0.2, 0.25) is 0 Å². The molecule has 92 valence electrons. The van der Waals surface area contributed by atoms with E-state index in [1.54, 1.807) is 0 Å². The van der Waals surface area contributed by atoms with Crippen molar-refractivity contribution in [1.82, 2.24) is 5.43 Å². The van der Waals surface area contributed by atoms with Crippen LogP contribution >= 0.6 is 0 Å². The molecule has 17 heavy (non-hydrogen) atoms. The Kier molecular flexibility index (Phi) is 4.16. The fourth-order valence-corrected chi connectivity index (χ4v) is 1.29. The molecule has 7 N–H and O–H groups in total. The van der Waals surface area contributed by atoms with E-state index in [1.807, 2.05) is 5.43 Å². The van der Waals surface area contributed by atoms with Crippen LogP contribution in [0, 0.1) is 0 Å². The standard InChI is InChI=1S/C10H13N3O4/c11-9(16)8(15)7(14)5-2-1-3-6(4-5)10(17)13-12/h1-4,7-8,14-15H,12H2,(H2,11,16)(H,13,17). The van der Waals surface area contributed by atoms with Crippen LogP contribution < -0.4 is 17.0 Å². The maximum atomic E-state index is 11.2. The number of carbonyl (C=O) groups excluding carboxylic acids is 2. The average molecular weight is 239 g/mol. The molecule has 7 heteroatoms. The van der Waals surface area contributed by atoms with Crippen molar-refractivity contribution in [3.63, 3.8) is 0 Å². The fourth-order valence-electron chi connectivity index (χ4n) is 1.29. The normalized spacial score (nSPS) is 13.8. The first kappa shape index (κ1) is 13.1. The Hall–Kier alpha value is -1.96. The van der Waals surface area contributed by atoms with Gasteiger partial charge >= 0.3 is 0 Å². The van der Waals surface area contributed by atoms with E-state index in [0.29, 0.717) is 0 Å². The van der Waals surface area contributed by atoms with Gasteiger partial charge in [0.1, 0.15) is 6.10 Å². The largest absolute Gasteiger partial charge is 0.385 e. The summed E-state index contributed by atoms with van der Waals surface area (Å²) in [5, 5.41) is 18.9. The van der Waals surface area contributed by atoms with Gasteiger partial charge in [0, 0.05) is 5.56 Å². The second-order valence-electron chi connectivity index (χ2n) is 3.39. The number of amides is 2. The first-order valence-corrected chi connectivity index (χ1v) is 4.73. The maximum absolute atomic E-state index is 11.2. The number of nitrogens with two attached hydrogens (primary N) is 2. The highest BCUT2D eigenvalue weighted by Gasteiger charge is 2.23. The summed E-state index contributed by atoms with van der Waals surface area (Å²) in [5.74, 6) is 3.35. The summed E-state index contributed by atoms with van der Waals surface area (Å²) >= 11 is 0. The Morgan fingerprint density at radius 3 is 2.47 bits per heavy atom. The highest BCUT2D eigenvalue weighted by Crippen LogP contribution is 2.18. The number of rotatable bonds is 4. The van der Waals surface area contributed by atoms with Gasteiger partial charge in [-0.25, -0.2) is 5.84 Å². The summed E-state index contributed by atoms with van der Waals surface area (Å²) in [7, 11) is 0. The van der Waals surface area contributed by atoms with Gasteiger partial charge in [0.15, 0.2) is 6.10 Å². The van der Waals surface area contributed by atoms with E-state index in [4.69, 9.17) is 11.6 Å². The predicted molar refractivity (Wildman–Crippen MR) is 58.3 cm³/mol. The molecular formula is C10H13N3O4. The minimum atomic E-state index is -1.73. The first-order valence-electron chi connectivity index (χ1n) is 4.73. The second kappa shape index (κ2) is 5.39. The third kappa shape index (κ3) is 3.00. The molecule has 0 bridgehead atoms. The van der Waals surface area contributed by atoms with Crippen molar-refractivity contribution in [3.05, 3.63) is 35.4 Å². The van der Waals surface area contributed by atoms with Crippen LogP contribution in [0.15, 0.2) is 24.3 Å². The minimum absolute atomic E-state index is 0.192. The van der Waals surface area contributed by atoms with Gasteiger partial charge in [-0.15, -0.1) is 0 Å². The summed E-state index contributed by atoms with van der Waals surface area (Å²) in [5.41, 5.74) is 7.16. The number of aliphatic hydroxyl groups is 2. The number of primary amides is 1. The predicted octanol–water partition coefficient (Wildman–Crippen LogP) is -1.83. The molecule has 2 unspecified atom stereocenters. The Morgan fingerprint density at radius 1 is 1.29 bits per heavy atom. The molecule has 1 aromatic rings. The number of hydrazine groups is 1. The number of benzene rings is 1. The zero-order valence-electron chi connectivity index (χ0n) is 8.83. The molecule has 1 rings (SSSR count). The quantitative estimate of drug-likeness (QED) is 0.239. The van der Waals surface area contributed by atoms with Crippen molar-refractivity contribution < 1.29 is 19.8 Å². The Labute approximate surface area is 97.0 Å². The Bertz CT molecular complexity index is 435. The molecule has 0 fully saturated rings. The number of carbonyl (C=O) groups is 2. The zero-order valence-corrected chi connectivity index (χ0v) is 8.83. The lowest BCUT2D eigenvalue weighted by atomic mass is 10.0. The van der Waals surface area contributed by atoms with Crippen LogP contribution in [-0.4, -0.2) is 28.1 Å². The Balaban J connectivity index is 2.99. The van der Waals surface area contributed by atoms with E-state index in [9.17, 15) is 19.8 Å². The van der Waals surface area contributed by atoms with Gasteiger partial charge in [-0.05, 0) is 17.7 Å². The van der Waals surface area contributed by atoms with Gasteiger partial charge in [-0.2, -0.15) is 0 Å². The molecular weight excluding hydrogens is 226 g/mol. The second-order valence-corrected chi connectivity index (χ2v) is 3.39. The van der Waals surface area contributed by atoms with Crippen LogP contribution in [0.25, 0.3) is 0 Å². The number of hydrogen-bond acceptors (Lipinski definition) is 5. The smallest absolute Gasteiger partial charge is 0.265 e. The monoisotopic (exact) mass is 239 g/mol. The average Bonchev–Trinajstić information content (AvgIpc) is 2.36. The van der Waals surface area contributed by atoms with Gasteiger partial charge in [-0.1, -0.05) is 12.1 Å². The van der Waals surface area contributed by atoms with E-state index in [1.165, 1.54) is 24.3 Å². The highest BCUT2D eigenvalue weighted by molar-refractivity contribution is 5.93. The van der Waals surface area contributed by atoms with E-state index < -0.39 is 24.0 Å². The van der Waals surface area contributed by atoms with Gasteiger partial charge in [0.2, 0.25) is 5.91 Å². The molecule has 0 heterocycles. The summed E-state index contributed by atoms with van der Waals surface area (Å²) < 4.78 is 0. The molecule has 0 aliphatic rings. The van der Waals surface area contributed by atoms with Gasteiger partial charge in [-0.3, -0.25) is 15.0 Å². The van der Waals surface area contributed by atoms with Crippen molar-refractivity contribution in [1.29, 1.82) is 0 Å². The van der Waals surface area contributed by atoms with Crippen LogP contribution in [0.1, 0.15) is 22.0 Å². The molecule has 0 saturated carbocycles. The van der Waals surface area contributed by atoms with Crippen molar-refractivity contribution >= 4 is 11.8 Å². The topological polar surface area (TPSA) is 139 Å². The van der Waals surface area contributed by atoms with E-state index >= 15 is 0 Å². The number of aliphatic hydroxyl groups excluding tert-OH is 2. The van der Waals surface area contributed by atoms with Crippen LogP contribution in [0.4, 0.5) is 0 Å². The summed E-state index contributed by atoms with van der Waals surface area (Å²) in [6.07, 6.45) is -3.22. The molecule has 0 aliphatic carbocycles. The molecule has 7 nitrogen and oxygen atoms in total. The van der Waals surface area contributed by atoms with Gasteiger partial charge < -0.3 is 15.9 Å². The SMILES string of the molecule is NNC(=O)c1cccc(C(O)C(O)C(N)=O)c1. The van der Waals surface area contributed by atoms with Gasteiger partial charge in [0.05, 0.1) is 0 Å². The van der Waals surface area contributed by atoms with Crippen molar-refractivity contribution in [2.75, 3.05) is 0 Å². The third-order valence-electron chi connectivity index (χ3n) is 2.21. The fraction of sp³-hybridized carbons (Fsp3) is 0.200. The minimum Gasteiger partial charge on any atom is -0.385 e. The number of nitrogen functional groups attached to an aromatic ring is 1. The molecule has 0 aliphatic heterocycles. The molecule has 0 radical (unpaired) electrons. The van der Waals surface area contributed by atoms with Crippen molar-refractivity contribution in [3.8, 4) is 0 Å². The van der Waals surface area contributed by atoms with Crippen LogP contribution in [-0.2, 0) is 4.79 Å². The van der Waals surface area contributed by atoms with E-state index in [0.717, 1.165) is 0 Å². The lowest BCUT2D eigenvalue weighted by Gasteiger charge is -2.15. The summed E-state index contributed by atoms with van der Waals surface area (Å²) in [4.78, 5) is 21.9. The zero-order chi connectivity index (χ0) is 13.0. The van der Waals surface area contributed by atoms with Crippen LogP contribution in [0.5, 0.6) is 0 Å². The lowest BCUT2D eigenvalue weighted by molar-refractivity contribution is -0.131. The highest BCUT2D eigenvalue weighted by atomic mass is 16.3. The molecule has 2 atom stereocenters. The molecule has 0 saturated heterocycles. The molecule has 1 aromatic carbocycles. The van der Waals surface area contributed by atoms with E-state index in [2.05, 4.69) is 0 Å². The summed E-state index contributed by atoms with van der Waals surface area (Å²) in [6.45, 7) is 0. The van der Waals surface area contributed by atoms with Crippen molar-refractivity contribution in [2.24, 2.45) is 11.6 Å². The molecule has 0 aromatic heterocycles. The Morgan fingerprint density at radius 2 is 1.94 bits per heavy atom. The number of hydrogen-bond donors (Lipinski definition) is 5. The third-order valence-corrected chi connectivity index (χ3v) is 2.21. The van der Waals surface area contributed by atoms with Gasteiger partial charge in [0.25, 0.3) is 5.91 Å². The summed E-state index contributed by atoms with van der Waals surface area (Å²) in [6, 6.07) is 5.70. The van der Waals surface area contributed by atoms with Crippen LogP contribution in [0.3, 0.4) is 0 Å². The lowest BCUT2D eigenvalue weighted by Crippen LogP contribution is -2.34. The first-order chi connectivity index (χ1) is 7.97. The molecule has 2 amide bonds. The van der Waals surface area contributed by atoms with Crippen molar-refractivity contribution in [2.45, 2.75) is 12.2 Å².